The fraction of sp³-hybridized carbons (Fsp3) is 0.333. The summed E-state index contributed by atoms with van der Waals surface area (Å²) in [5.74, 6) is 0.846. The summed E-state index contributed by atoms with van der Waals surface area (Å²) in [7, 11) is 1.60. The Bertz CT molecular complexity index is 710. The fourth-order valence-electron chi connectivity index (χ4n) is 2.13. The second kappa shape index (κ2) is 8.70. The first-order chi connectivity index (χ1) is 11.4. The molecule has 0 atom stereocenters. The summed E-state index contributed by atoms with van der Waals surface area (Å²) in [6.45, 7) is 5.14. The second-order valence-electron chi connectivity index (χ2n) is 5.67. The number of nitrogens with one attached hydrogen (secondary N) is 1. The number of ether oxygens (including phenoxy) is 2. The molecule has 2 aromatic rings. The topological polar surface area (TPSA) is 30.5 Å². The average Bonchev–Trinajstić information content (AvgIpc) is 2.52. The standard InChI is InChI=1S/C18H20BrClFNO2/c1-11(2)22-9-12-6-15(19)18(17(7-12)23-3)24-10-13-4-5-14(21)8-16(13)20/h4-8,11,22H,9-10H2,1-3H3. The third kappa shape index (κ3) is 5.10. The van der Waals surface area contributed by atoms with Crippen molar-refractivity contribution < 1.29 is 13.9 Å². The van der Waals surface area contributed by atoms with Gasteiger partial charge in [-0.2, -0.15) is 0 Å². The van der Waals surface area contributed by atoms with Gasteiger partial charge in [0.05, 0.1) is 16.6 Å². The van der Waals surface area contributed by atoms with Crippen molar-refractivity contribution in [2.75, 3.05) is 7.11 Å². The molecule has 0 heterocycles. The van der Waals surface area contributed by atoms with Crippen LogP contribution >= 0.6 is 27.5 Å². The van der Waals surface area contributed by atoms with E-state index in [1.165, 1.54) is 12.1 Å². The Morgan fingerprint density at radius 1 is 1.25 bits per heavy atom. The molecule has 0 fully saturated rings. The van der Waals surface area contributed by atoms with Crippen LogP contribution in [0, 0.1) is 5.82 Å². The highest BCUT2D eigenvalue weighted by Crippen LogP contribution is 2.37. The van der Waals surface area contributed by atoms with Gasteiger partial charge in [-0.3, -0.25) is 0 Å². The number of rotatable bonds is 7. The summed E-state index contributed by atoms with van der Waals surface area (Å²) in [4.78, 5) is 0. The summed E-state index contributed by atoms with van der Waals surface area (Å²) < 4.78 is 25.2. The third-order valence-corrected chi connectivity index (χ3v) is 4.33. The van der Waals surface area contributed by atoms with E-state index >= 15 is 0 Å². The number of hydrogen-bond acceptors (Lipinski definition) is 3. The SMILES string of the molecule is COc1cc(CNC(C)C)cc(Br)c1OCc1ccc(F)cc1Cl. The van der Waals surface area contributed by atoms with Crippen LogP contribution in [0.3, 0.4) is 0 Å². The maximum absolute atomic E-state index is 13.1. The van der Waals surface area contributed by atoms with Crippen LogP contribution < -0.4 is 14.8 Å². The van der Waals surface area contributed by atoms with Crippen LogP contribution in [0.1, 0.15) is 25.0 Å². The molecule has 2 aromatic carbocycles. The molecule has 0 aliphatic carbocycles. The minimum absolute atomic E-state index is 0.220. The van der Waals surface area contributed by atoms with Crippen molar-refractivity contribution in [3.05, 3.63) is 56.8 Å². The molecule has 2 rings (SSSR count). The molecule has 0 saturated heterocycles. The van der Waals surface area contributed by atoms with Crippen molar-refractivity contribution >= 4 is 27.5 Å². The maximum Gasteiger partial charge on any atom is 0.175 e. The van der Waals surface area contributed by atoms with Gasteiger partial charge in [0, 0.05) is 18.2 Å². The summed E-state index contributed by atoms with van der Waals surface area (Å²) >= 11 is 9.56. The first-order valence-corrected chi connectivity index (χ1v) is 8.74. The molecule has 0 bridgehead atoms. The Kier molecular flexibility index (Phi) is 6.90. The van der Waals surface area contributed by atoms with Gasteiger partial charge >= 0.3 is 0 Å². The molecule has 3 nitrogen and oxygen atoms in total. The lowest BCUT2D eigenvalue weighted by molar-refractivity contribution is 0.282. The maximum atomic E-state index is 13.1. The van der Waals surface area contributed by atoms with Crippen molar-refractivity contribution in [3.63, 3.8) is 0 Å². The van der Waals surface area contributed by atoms with Gasteiger partial charge in [0.1, 0.15) is 12.4 Å². The fourth-order valence-corrected chi connectivity index (χ4v) is 2.95. The summed E-state index contributed by atoms with van der Waals surface area (Å²) in [6.07, 6.45) is 0. The van der Waals surface area contributed by atoms with Gasteiger partial charge < -0.3 is 14.8 Å². The Morgan fingerprint density at radius 2 is 2.00 bits per heavy atom. The minimum atomic E-state index is -0.371. The molecule has 0 saturated carbocycles. The van der Waals surface area contributed by atoms with E-state index in [1.54, 1.807) is 13.2 Å². The van der Waals surface area contributed by atoms with Gasteiger partial charge in [-0.25, -0.2) is 4.39 Å². The Morgan fingerprint density at radius 3 is 2.62 bits per heavy atom. The van der Waals surface area contributed by atoms with Gasteiger partial charge in [0.25, 0.3) is 0 Å². The Balaban J connectivity index is 2.17. The summed E-state index contributed by atoms with van der Waals surface area (Å²) in [5.41, 5.74) is 1.79. The third-order valence-electron chi connectivity index (χ3n) is 3.39. The summed E-state index contributed by atoms with van der Waals surface area (Å²) in [6, 6.07) is 8.55. The molecule has 24 heavy (non-hydrogen) atoms. The van der Waals surface area contributed by atoms with Crippen LogP contribution in [-0.2, 0) is 13.2 Å². The normalized spacial score (nSPS) is 11.0. The largest absolute Gasteiger partial charge is 0.493 e. The highest BCUT2D eigenvalue weighted by molar-refractivity contribution is 9.10. The van der Waals surface area contributed by atoms with Crippen molar-refractivity contribution in [1.29, 1.82) is 0 Å². The zero-order chi connectivity index (χ0) is 17.7. The lowest BCUT2D eigenvalue weighted by Gasteiger charge is -2.16. The molecule has 0 aromatic heterocycles. The van der Waals surface area contributed by atoms with Crippen LogP contribution in [0.4, 0.5) is 4.39 Å². The zero-order valence-electron chi connectivity index (χ0n) is 13.8. The second-order valence-corrected chi connectivity index (χ2v) is 6.93. The van der Waals surface area contributed by atoms with E-state index in [0.29, 0.717) is 28.1 Å². The van der Waals surface area contributed by atoms with Crippen LogP contribution in [0.5, 0.6) is 11.5 Å². The highest BCUT2D eigenvalue weighted by atomic mass is 79.9. The van der Waals surface area contributed by atoms with E-state index < -0.39 is 0 Å². The molecule has 0 amide bonds. The van der Waals surface area contributed by atoms with E-state index in [-0.39, 0.29) is 12.4 Å². The van der Waals surface area contributed by atoms with Gasteiger partial charge in [-0.05, 0) is 45.8 Å². The van der Waals surface area contributed by atoms with Crippen molar-refractivity contribution in [3.8, 4) is 11.5 Å². The monoisotopic (exact) mass is 415 g/mol. The van der Waals surface area contributed by atoms with Crippen LogP contribution in [0.25, 0.3) is 0 Å². The van der Waals surface area contributed by atoms with Crippen LogP contribution in [-0.4, -0.2) is 13.2 Å². The summed E-state index contributed by atoms with van der Waals surface area (Å²) in [5, 5.41) is 3.70. The molecule has 6 heteroatoms. The molecule has 1 N–H and O–H groups in total. The van der Waals surface area contributed by atoms with Crippen molar-refractivity contribution in [1.82, 2.24) is 5.32 Å². The molecular weight excluding hydrogens is 397 g/mol. The number of halogens is 3. The van der Waals surface area contributed by atoms with E-state index in [0.717, 1.165) is 16.6 Å². The minimum Gasteiger partial charge on any atom is -0.493 e. The molecular formula is C18H20BrClFNO2. The molecule has 0 aliphatic rings. The first kappa shape index (κ1) is 19.0. The van der Waals surface area contributed by atoms with E-state index in [1.807, 2.05) is 12.1 Å². The van der Waals surface area contributed by atoms with E-state index in [9.17, 15) is 4.39 Å². The van der Waals surface area contributed by atoms with Crippen LogP contribution in [0.15, 0.2) is 34.8 Å². The van der Waals surface area contributed by atoms with Crippen molar-refractivity contribution in [2.45, 2.75) is 33.0 Å². The smallest absolute Gasteiger partial charge is 0.175 e. The number of benzene rings is 2. The number of methoxy groups -OCH3 is 1. The van der Waals surface area contributed by atoms with E-state index in [4.69, 9.17) is 21.1 Å². The number of hydrogen-bond donors (Lipinski definition) is 1. The van der Waals surface area contributed by atoms with Crippen molar-refractivity contribution in [2.24, 2.45) is 0 Å². The predicted molar refractivity (Wildman–Crippen MR) is 98.4 cm³/mol. The molecule has 0 radical (unpaired) electrons. The van der Waals surface area contributed by atoms with Gasteiger partial charge in [0.2, 0.25) is 0 Å². The molecule has 0 unspecified atom stereocenters. The zero-order valence-corrected chi connectivity index (χ0v) is 16.2. The Labute approximate surface area is 155 Å². The predicted octanol–water partition coefficient (Wildman–Crippen LogP) is 5.33. The quantitative estimate of drug-likeness (QED) is 0.662. The lowest BCUT2D eigenvalue weighted by atomic mass is 10.2. The van der Waals surface area contributed by atoms with E-state index in [2.05, 4.69) is 35.1 Å². The average molecular weight is 417 g/mol. The Hall–Kier alpha value is -1.30. The van der Waals surface area contributed by atoms with Gasteiger partial charge in [0.15, 0.2) is 11.5 Å². The van der Waals surface area contributed by atoms with Gasteiger partial charge in [-0.1, -0.05) is 31.5 Å². The lowest BCUT2D eigenvalue weighted by Crippen LogP contribution is -2.21. The molecule has 130 valence electrons. The highest BCUT2D eigenvalue weighted by Gasteiger charge is 2.13. The molecule has 0 aliphatic heterocycles. The van der Waals surface area contributed by atoms with Crippen LogP contribution in [0.2, 0.25) is 5.02 Å². The first-order valence-electron chi connectivity index (χ1n) is 7.57. The molecule has 0 spiro atoms. The van der Waals surface area contributed by atoms with Gasteiger partial charge in [-0.15, -0.1) is 0 Å².